The normalized spacial score (nSPS) is 18.8. The van der Waals surface area contributed by atoms with E-state index in [1.54, 1.807) is 7.05 Å². The number of halogens is 3. The zero-order chi connectivity index (χ0) is 16.7. The molecule has 0 radical (unpaired) electrons. The molecule has 2 N–H and O–H groups in total. The monoisotopic (exact) mass is 452 g/mol. The van der Waals surface area contributed by atoms with Gasteiger partial charge in [-0.25, -0.2) is 8.78 Å². The predicted molar refractivity (Wildman–Crippen MR) is 105 cm³/mol. The molecule has 0 saturated carbocycles. The van der Waals surface area contributed by atoms with Crippen LogP contribution in [0.3, 0.4) is 0 Å². The highest BCUT2D eigenvalue weighted by atomic mass is 127. The molecule has 1 atom stereocenters. The first-order valence-corrected chi connectivity index (χ1v) is 8.19. The largest absolute Gasteiger partial charge is 0.355 e. The highest BCUT2D eigenvalue weighted by molar-refractivity contribution is 14.0. The molecule has 1 aromatic rings. The van der Waals surface area contributed by atoms with Crippen LogP contribution in [0.25, 0.3) is 0 Å². The lowest BCUT2D eigenvalue weighted by atomic mass is 10.0. The highest BCUT2D eigenvalue weighted by Crippen LogP contribution is 2.14. The van der Waals surface area contributed by atoms with E-state index >= 15 is 0 Å². The van der Waals surface area contributed by atoms with E-state index in [1.807, 2.05) is 0 Å². The van der Waals surface area contributed by atoms with Crippen molar-refractivity contribution < 1.29 is 8.78 Å². The first kappa shape index (κ1) is 21.1. The van der Waals surface area contributed by atoms with Crippen molar-refractivity contribution in [2.24, 2.45) is 10.9 Å². The van der Waals surface area contributed by atoms with E-state index in [-0.39, 0.29) is 36.1 Å². The minimum Gasteiger partial charge on any atom is -0.355 e. The van der Waals surface area contributed by atoms with Crippen LogP contribution in [-0.2, 0) is 6.54 Å². The molecule has 136 valence electrons. The molecule has 1 aliphatic rings. The van der Waals surface area contributed by atoms with Crippen LogP contribution < -0.4 is 10.6 Å². The number of nitrogens with one attached hydrogen (secondary N) is 2. The SMILES string of the molecule is CN=C(NCCN1CCCC(C)C1)NCc1cc(F)ccc1F.I. The Labute approximate surface area is 160 Å². The second kappa shape index (κ2) is 10.8. The Morgan fingerprint density at radius 1 is 1.33 bits per heavy atom. The van der Waals surface area contributed by atoms with E-state index in [0.29, 0.717) is 5.96 Å². The zero-order valence-electron chi connectivity index (χ0n) is 14.3. The molecule has 0 aromatic heterocycles. The van der Waals surface area contributed by atoms with E-state index < -0.39 is 11.6 Å². The number of nitrogens with zero attached hydrogens (tertiary/aromatic N) is 2. The average molecular weight is 452 g/mol. The van der Waals surface area contributed by atoms with Gasteiger partial charge in [-0.3, -0.25) is 4.99 Å². The van der Waals surface area contributed by atoms with E-state index in [0.717, 1.165) is 44.2 Å². The summed E-state index contributed by atoms with van der Waals surface area (Å²) in [7, 11) is 1.67. The summed E-state index contributed by atoms with van der Waals surface area (Å²) in [5.74, 6) is 0.498. The molecule has 0 aliphatic carbocycles. The minimum absolute atomic E-state index is 0. The standard InChI is InChI=1S/C17H26F2N4.HI/c1-13-4-3-8-23(12-13)9-7-21-17(20-2)22-11-14-10-15(18)5-6-16(14)19;/h5-6,10,13H,3-4,7-9,11-12H2,1-2H3,(H2,20,21,22);1H. The molecule has 1 heterocycles. The third kappa shape index (κ3) is 6.88. The maximum atomic E-state index is 13.6. The van der Waals surface area contributed by atoms with Gasteiger partial charge in [0, 0.05) is 38.8 Å². The van der Waals surface area contributed by atoms with Crippen molar-refractivity contribution in [1.29, 1.82) is 0 Å². The lowest BCUT2D eigenvalue weighted by Crippen LogP contribution is -2.43. The van der Waals surface area contributed by atoms with E-state index in [9.17, 15) is 8.78 Å². The second-order valence-electron chi connectivity index (χ2n) is 6.14. The van der Waals surface area contributed by atoms with Gasteiger partial charge in [0.1, 0.15) is 11.6 Å². The third-order valence-electron chi connectivity index (χ3n) is 4.14. The van der Waals surface area contributed by atoms with Gasteiger partial charge in [0.2, 0.25) is 0 Å². The van der Waals surface area contributed by atoms with Gasteiger partial charge in [0.15, 0.2) is 5.96 Å². The number of hydrogen-bond donors (Lipinski definition) is 2. The van der Waals surface area contributed by atoms with Crippen molar-refractivity contribution in [3.05, 3.63) is 35.4 Å². The smallest absolute Gasteiger partial charge is 0.191 e. The van der Waals surface area contributed by atoms with E-state index in [2.05, 4.69) is 27.4 Å². The van der Waals surface area contributed by atoms with Crippen molar-refractivity contribution in [2.75, 3.05) is 33.2 Å². The summed E-state index contributed by atoms with van der Waals surface area (Å²) in [5, 5.41) is 6.23. The molecule has 7 heteroatoms. The van der Waals surface area contributed by atoms with Gasteiger partial charge in [-0.1, -0.05) is 6.92 Å². The topological polar surface area (TPSA) is 39.7 Å². The Morgan fingerprint density at radius 2 is 2.12 bits per heavy atom. The fourth-order valence-corrected chi connectivity index (χ4v) is 2.90. The third-order valence-corrected chi connectivity index (χ3v) is 4.14. The summed E-state index contributed by atoms with van der Waals surface area (Å²) >= 11 is 0. The van der Waals surface area contributed by atoms with Gasteiger partial charge in [0.25, 0.3) is 0 Å². The summed E-state index contributed by atoms with van der Waals surface area (Å²) < 4.78 is 26.7. The van der Waals surface area contributed by atoms with Crippen molar-refractivity contribution in [3.63, 3.8) is 0 Å². The fourth-order valence-electron chi connectivity index (χ4n) is 2.90. The van der Waals surface area contributed by atoms with Crippen LogP contribution in [0.5, 0.6) is 0 Å². The maximum absolute atomic E-state index is 13.6. The van der Waals surface area contributed by atoms with Crippen LogP contribution in [0.2, 0.25) is 0 Å². The number of aliphatic imine (C=N–C) groups is 1. The van der Waals surface area contributed by atoms with Crippen molar-refractivity contribution >= 4 is 29.9 Å². The summed E-state index contributed by atoms with van der Waals surface area (Å²) in [6.45, 7) is 6.50. The van der Waals surface area contributed by atoms with Gasteiger partial charge in [0.05, 0.1) is 0 Å². The first-order chi connectivity index (χ1) is 11.1. The van der Waals surface area contributed by atoms with Crippen molar-refractivity contribution in [2.45, 2.75) is 26.3 Å². The number of likely N-dealkylation sites (tertiary alicyclic amines) is 1. The van der Waals surface area contributed by atoms with E-state index in [4.69, 9.17) is 0 Å². The molecule has 1 fully saturated rings. The summed E-state index contributed by atoms with van der Waals surface area (Å²) in [6.07, 6.45) is 2.57. The van der Waals surface area contributed by atoms with Crippen LogP contribution >= 0.6 is 24.0 Å². The second-order valence-corrected chi connectivity index (χ2v) is 6.14. The molecule has 0 spiro atoms. The van der Waals surface area contributed by atoms with Gasteiger partial charge in [-0.2, -0.15) is 0 Å². The molecular formula is C17H27F2IN4. The molecule has 0 amide bonds. The van der Waals surface area contributed by atoms with Gasteiger partial charge < -0.3 is 15.5 Å². The van der Waals surface area contributed by atoms with Crippen LogP contribution in [0.1, 0.15) is 25.3 Å². The fraction of sp³-hybridized carbons (Fsp3) is 0.588. The quantitative estimate of drug-likeness (QED) is 0.410. The van der Waals surface area contributed by atoms with Crippen molar-refractivity contribution in [1.82, 2.24) is 15.5 Å². The molecule has 1 aliphatic heterocycles. The van der Waals surface area contributed by atoms with Crippen LogP contribution in [0.4, 0.5) is 8.78 Å². The molecule has 1 aromatic carbocycles. The van der Waals surface area contributed by atoms with Crippen LogP contribution in [-0.4, -0.2) is 44.1 Å². The molecule has 2 rings (SSSR count). The average Bonchev–Trinajstić information content (AvgIpc) is 2.53. The molecule has 24 heavy (non-hydrogen) atoms. The van der Waals surface area contributed by atoms with Crippen LogP contribution in [0.15, 0.2) is 23.2 Å². The van der Waals surface area contributed by atoms with Gasteiger partial charge in [-0.15, -0.1) is 24.0 Å². The maximum Gasteiger partial charge on any atom is 0.191 e. The van der Waals surface area contributed by atoms with Gasteiger partial charge >= 0.3 is 0 Å². The zero-order valence-corrected chi connectivity index (χ0v) is 16.6. The Kier molecular flexibility index (Phi) is 9.50. The Morgan fingerprint density at radius 3 is 2.83 bits per heavy atom. The van der Waals surface area contributed by atoms with Crippen LogP contribution in [0, 0.1) is 17.6 Å². The Balaban J connectivity index is 0.00000288. The minimum atomic E-state index is -0.439. The molecular weight excluding hydrogens is 425 g/mol. The van der Waals surface area contributed by atoms with Gasteiger partial charge in [-0.05, 0) is 43.5 Å². The lowest BCUT2D eigenvalue weighted by molar-refractivity contribution is 0.187. The highest BCUT2D eigenvalue weighted by Gasteiger charge is 2.15. The number of benzene rings is 1. The number of guanidine groups is 1. The summed E-state index contributed by atoms with van der Waals surface area (Å²) in [6, 6.07) is 3.45. The lowest BCUT2D eigenvalue weighted by Gasteiger charge is -2.30. The Hall–Kier alpha value is -0.960. The molecule has 1 unspecified atom stereocenters. The molecule has 1 saturated heterocycles. The van der Waals surface area contributed by atoms with E-state index in [1.165, 1.54) is 18.9 Å². The number of rotatable bonds is 5. The number of piperidine rings is 1. The summed E-state index contributed by atoms with van der Waals surface area (Å²) in [4.78, 5) is 6.56. The summed E-state index contributed by atoms with van der Waals surface area (Å²) in [5.41, 5.74) is 0.290. The first-order valence-electron chi connectivity index (χ1n) is 8.19. The molecule has 4 nitrogen and oxygen atoms in total. The Bertz CT molecular complexity index is 539. The molecule has 0 bridgehead atoms. The predicted octanol–water partition coefficient (Wildman–Crippen LogP) is 2.98. The number of hydrogen-bond acceptors (Lipinski definition) is 2. The van der Waals surface area contributed by atoms with Crippen molar-refractivity contribution in [3.8, 4) is 0 Å².